The fraction of sp³-hybridized carbons (Fsp3) is 0.357. The van der Waals surface area contributed by atoms with E-state index in [0.29, 0.717) is 6.42 Å². The maximum atomic E-state index is 11.6. The first-order valence-corrected chi connectivity index (χ1v) is 6.51. The molecule has 2 rings (SSSR count). The molecule has 0 amide bonds. The van der Waals surface area contributed by atoms with E-state index in [1.807, 2.05) is 24.3 Å². The van der Waals surface area contributed by atoms with Gasteiger partial charge in [-0.25, -0.2) is 0 Å². The van der Waals surface area contributed by atoms with Crippen molar-refractivity contribution >= 4 is 27.4 Å². The maximum Gasteiger partial charge on any atom is 0.157 e. The Hall–Kier alpha value is -1.09. The van der Waals surface area contributed by atoms with Crippen LogP contribution in [0.1, 0.15) is 26.7 Å². The van der Waals surface area contributed by atoms with E-state index < -0.39 is 0 Å². The zero-order chi connectivity index (χ0) is 12.5. The Morgan fingerprint density at radius 3 is 2.59 bits per heavy atom. The standard InChI is InChI=1S/C14H16BrNO/c1-14(2)8-10(7-11(17)9-14)16-13-6-4-3-5-12(13)15/h3-7,16H,8-9H2,1-2H3. The number of para-hydroxylation sites is 1. The molecule has 3 heteroatoms. The first-order chi connectivity index (χ1) is 7.96. The third-order valence-electron chi connectivity index (χ3n) is 2.83. The van der Waals surface area contributed by atoms with Crippen molar-refractivity contribution in [3.05, 3.63) is 40.5 Å². The van der Waals surface area contributed by atoms with Crippen molar-refractivity contribution in [1.82, 2.24) is 0 Å². The summed E-state index contributed by atoms with van der Waals surface area (Å²) in [5.41, 5.74) is 2.05. The molecule has 0 unspecified atom stereocenters. The summed E-state index contributed by atoms with van der Waals surface area (Å²) in [5.74, 6) is 0.204. The minimum absolute atomic E-state index is 0.0510. The number of allylic oxidation sites excluding steroid dienone is 2. The van der Waals surface area contributed by atoms with Crippen molar-refractivity contribution in [2.75, 3.05) is 5.32 Å². The highest BCUT2D eigenvalue weighted by molar-refractivity contribution is 9.10. The Kier molecular flexibility index (Phi) is 3.38. The number of benzene rings is 1. The highest BCUT2D eigenvalue weighted by atomic mass is 79.9. The molecule has 0 saturated carbocycles. The normalized spacial score (nSPS) is 18.8. The molecular formula is C14H16BrNO. The molecule has 0 bridgehead atoms. The fourth-order valence-electron chi connectivity index (χ4n) is 2.16. The average molecular weight is 294 g/mol. The van der Waals surface area contributed by atoms with Crippen LogP contribution in [0.5, 0.6) is 0 Å². The van der Waals surface area contributed by atoms with Crippen LogP contribution < -0.4 is 5.32 Å². The first kappa shape index (κ1) is 12.4. The molecule has 0 aliphatic heterocycles. The zero-order valence-corrected chi connectivity index (χ0v) is 11.7. The van der Waals surface area contributed by atoms with Gasteiger partial charge in [-0.1, -0.05) is 26.0 Å². The second kappa shape index (κ2) is 4.65. The summed E-state index contributed by atoms with van der Waals surface area (Å²) in [6, 6.07) is 7.93. The monoisotopic (exact) mass is 293 g/mol. The van der Waals surface area contributed by atoms with Crippen molar-refractivity contribution < 1.29 is 4.79 Å². The number of hydrogen-bond acceptors (Lipinski definition) is 2. The van der Waals surface area contributed by atoms with Crippen LogP contribution >= 0.6 is 15.9 Å². The Balaban J connectivity index is 2.20. The number of carbonyl (C=O) groups is 1. The lowest BCUT2D eigenvalue weighted by Gasteiger charge is -2.29. The lowest BCUT2D eigenvalue weighted by atomic mass is 9.79. The van der Waals surface area contributed by atoms with Crippen LogP contribution in [0.2, 0.25) is 0 Å². The number of ketones is 1. The number of carbonyl (C=O) groups excluding carboxylic acids is 1. The van der Waals surface area contributed by atoms with Gasteiger partial charge in [0.2, 0.25) is 0 Å². The minimum atomic E-state index is 0.0510. The Morgan fingerprint density at radius 1 is 1.24 bits per heavy atom. The Bertz CT molecular complexity index is 477. The van der Waals surface area contributed by atoms with E-state index in [2.05, 4.69) is 35.1 Å². The van der Waals surface area contributed by atoms with Gasteiger partial charge in [0.1, 0.15) is 0 Å². The van der Waals surface area contributed by atoms with E-state index >= 15 is 0 Å². The highest BCUT2D eigenvalue weighted by Crippen LogP contribution is 2.34. The van der Waals surface area contributed by atoms with E-state index in [0.717, 1.165) is 22.3 Å². The molecule has 0 aromatic heterocycles. The number of halogens is 1. The number of hydrogen-bond donors (Lipinski definition) is 1. The van der Waals surface area contributed by atoms with E-state index in [4.69, 9.17) is 0 Å². The van der Waals surface area contributed by atoms with Gasteiger partial charge in [0.15, 0.2) is 5.78 Å². The molecule has 0 heterocycles. The second-order valence-electron chi connectivity index (χ2n) is 5.26. The summed E-state index contributed by atoms with van der Waals surface area (Å²) in [5, 5.41) is 3.33. The maximum absolute atomic E-state index is 11.6. The molecule has 1 aliphatic carbocycles. The van der Waals surface area contributed by atoms with E-state index in [-0.39, 0.29) is 11.2 Å². The van der Waals surface area contributed by atoms with Gasteiger partial charge in [-0.2, -0.15) is 0 Å². The quantitative estimate of drug-likeness (QED) is 0.888. The van der Waals surface area contributed by atoms with Crippen molar-refractivity contribution in [3.63, 3.8) is 0 Å². The average Bonchev–Trinajstić information content (AvgIpc) is 2.18. The molecule has 90 valence electrons. The van der Waals surface area contributed by atoms with Crippen molar-refractivity contribution in [3.8, 4) is 0 Å². The summed E-state index contributed by atoms with van der Waals surface area (Å²) >= 11 is 3.49. The van der Waals surface area contributed by atoms with Gasteiger partial charge in [0.05, 0.1) is 5.69 Å². The second-order valence-corrected chi connectivity index (χ2v) is 6.11. The lowest BCUT2D eigenvalue weighted by Crippen LogP contribution is -2.24. The molecule has 2 nitrogen and oxygen atoms in total. The zero-order valence-electron chi connectivity index (χ0n) is 10.1. The first-order valence-electron chi connectivity index (χ1n) is 5.71. The summed E-state index contributed by atoms with van der Waals surface area (Å²) in [6.45, 7) is 4.25. The minimum Gasteiger partial charge on any atom is -0.358 e. The van der Waals surface area contributed by atoms with E-state index in [1.165, 1.54) is 0 Å². The number of nitrogens with one attached hydrogen (secondary N) is 1. The van der Waals surface area contributed by atoms with Gasteiger partial charge in [-0.15, -0.1) is 0 Å². The molecule has 1 aromatic rings. The molecule has 0 spiro atoms. The topological polar surface area (TPSA) is 29.1 Å². The third kappa shape index (κ3) is 3.19. The molecule has 0 saturated heterocycles. The molecule has 1 aromatic carbocycles. The van der Waals surface area contributed by atoms with Gasteiger partial charge in [0.25, 0.3) is 0 Å². The summed E-state index contributed by atoms with van der Waals surface area (Å²) < 4.78 is 1.01. The number of rotatable bonds is 2. The SMILES string of the molecule is CC1(C)CC(=O)C=C(Nc2ccccc2Br)C1. The lowest BCUT2D eigenvalue weighted by molar-refractivity contribution is -0.117. The van der Waals surface area contributed by atoms with Crippen LogP contribution in [0.4, 0.5) is 5.69 Å². The molecule has 17 heavy (non-hydrogen) atoms. The van der Waals surface area contributed by atoms with Gasteiger partial charge in [-0.3, -0.25) is 4.79 Å². The van der Waals surface area contributed by atoms with Gasteiger partial charge in [-0.05, 0) is 39.9 Å². The summed E-state index contributed by atoms with van der Waals surface area (Å²) in [4.78, 5) is 11.6. The summed E-state index contributed by atoms with van der Waals surface area (Å²) in [7, 11) is 0. The molecule has 0 fully saturated rings. The van der Waals surface area contributed by atoms with Gasteiger partial charge >= 0.3 is 0 Å². The molecule has 1 aliphatic rings. The fourth-order valence-corrected chi connectivity index (χ4v) is 2.55. The molecule has 1 N–H and O–H groups in total. The predicted molar refractivity (Wildman–Crippen MR) is 73.9 cm³/mol. The molecular weight excluding hydrogens is 278 g/mol. The van der Waals surface area contributed by atoms with Crippen LogP contribution in [0, 0.1) is 5.41 Å². The van der Waals surface area contributed by atoms with Crippen LogP contribution in [-0.4, -0.2) is 5.78 Å². The van der Waals surface area contributed by atoms with Crippen LogP contribution in [0.3, 0.4) is 0 Å². The Labute approximate surface area is 110 Å². The van der Waals surface area contributed by atoms with Gasteiger partial charge in [0, 0.05) is 22.7 Å². The number of anilines is 1. The highest BCUT2D eigenvalue weighted by Gasteiger charge is 2.27. The van der Waals surface area contributed by atoms with Crippen LogP contribution in [0.15, 0.2) is 40.5 Å². The smallest absolute Gasteiger partial charge is 0.157 e. The van der Waals surface area contributed by atoms with Crippen molar-refractivity contribution in [1.29, 1.82) is 0 Å². The predicted octanol–water partition coefficient (Wildman–Crippen LogP) is 4.13. The molecule has 0 atom stereocenters. The van der Waals surface area contributed by atoms with E-state index in [9.17, 15) is 4.79 Å². The van der Waals surface area contributed by atoms with Crippen molar-refractivity contribution in [2.24, 2.45) is 5.41 Å². The van der Waals surface area contributed by atoms with Crippen LogP contribution in [0.25, 0.3) is 0 Å². The van der Waals surface area contributed by atoms with Gasteiger partial charge < -0.3 is 5.32 Å². The summed E-state index contributed by atoms with van der Waals surface area (Å²) in [6.07, 6.45) is 3.26. The molecule has 0 radical (unpaired) electrons. The van der Waals surface area contributed by atoms with Crippen molar-refractivity contribution in [2.45, 2.75) is 26.7 Å². The van der Waals surface area contributed by atoms with E-state index in [1.54, 1.807) is 6.08 Å². The largest absolute Gasteiger partial charge is 0.358 e. The third-order valence-corrected chi connectivity index (χ3v) is 3.52. The Morgan fingerprint density at radius 2 is 1.94 bits per heavy atom. The van der Waals surface area contributed by atoms with Crippen LogP contribution in [-0.2, 0) is 4.79 Å².